The van der Waals surface area contributed by atoms with Crippen molar-refractivity contribution >= 4 is 5.91 Å². The van der Waals surface area contributed by atoms with Gasteiger partial charge in [0.25, 0.3) is 0 Å². The molecule has 3 heterocycles. The fourth-order valence-electron chi connectivity index (χ4n) is 4.38. The van der Waals surface area contributed by atoms with Crippen LogP contribution in [0.5, 0.6) is 0 Å². The molecule has 124 valence electrons. The fourth-order valence-corrected chi connectivity index (χ4v) is 4.38. The van der Waals surface area contributed by atoms with E-state index in [1.165, 1.54) is 0 Å². The highest BCUT2D eigenvalue weighted by Gasteiger charge is 2.43. The van der Waals surface area contributed by atoms with E-state index in [0.717, 1.165) is 71.4 Å². The number of piperidine rings is 1. The van der Waals surface area contributed by atoms with Crippen LogP contribution in [-0.4, -0.2) is 61.9 Å². The average molecular weight is 308 g/mol. The van der Waals surface area contributed by atoms with Crippen LogP contribution in [0.3, 0.4) is 0 Å². The number of amides is 1. The van der Waals surface area contributed by atoms with Gasteiger partial charge < -0.3 is 14.8 Å². The highest BCUT2D eigenvalue weighted by Crippen LogP contribution is 2.35. The van der Waals surface area contributed by atoms with Crippen LogP contribution in [0.15, 0.2) is 0 Å². The van der Waals surface area contributed by atoms with Gasteiger partial charge in [-0.2, -0.15) is 0 Å². The molecule has 0 radical (unpaired) electrons. The molecule has 5 heteroatoms. The minimum Gasteiger partial charge on any atom is -0.381 e. The van der Waals surface area contributed by atoms with Gasteiger partial charge >= 0.3 is 0 Å². The molecule has 0 unspecified atom stereocenters. The highest BCUT2D eigenvalue weighted by atomic mass is 16.5. The highest BCUT2D eigenvalue weighted by molar-refractivity contribution is 5.79. The lowest BCUT2D eigenvalue weighted by Gasteiger charge is -2.47. The molecule has 22 heavy (non-hydrogen) atoms. The molecular weight excluding hydrogens is 280 g/mol. The Bertz CT molecular complexity index is 407. The maximum atomic E-state index is 12.6. The van der Waals surface area contributed by atoms with Crippen LogP contribution in [0, 0.1) is 11.8 Å². The third-order valence-electron chi connectivity index (χ3n) is 5.87. The minimum absolute atomic E-state index is 0.155. The van der Waals surface area contributed by atoms with Crippen LogP contribution in [0.2, 0.25) is 0 Å². The molecule has 0 bridgehead atoms. The maximum Gasteiger partial charge on any atom is 0.223 e. The molecule has 5 nitrogen and oxygen atoms in total. The number of likely N-dealkylation sites (tertiary alicyclic amines) is 1. The van der Waals surface area contributed by atoms with E-state index in [2.05, 4.69) is 10.2 Å². The van der Waals surface area contributed by atoms with Crippen molar-refractivity contribution in [3.63, 3.8) is 0 Å². The number of carbonyl (C=O) groups excluding carboxylic acids is 1. The Morgan fingerprint density at radius 2 is 1.82 bits per heavy atom. The van der Waals surface area contributed by atoms with Crippen molar-refractivity contribution in [1.82, 2.24) is 10.2 Å². The Morgan fingerprint density at radius 3 is 2.59 bits per heavy atom. The number of carbonyl (C=O) groups is 1. The molecule has 4 fully saturated rings. The van der Waals surface area contributed by atoms with E-state index in [1.807, 2.05) is 0 Å². The Balaban J connectivity index is 1.41. The summed E-state index contributed by atoms with van der Waals surface area (Å²) in [5.74, 6) is 0.820. The number of fused-ring (bicyclic) bond motifs is 1. The van der Waals surface area contributed by atoms with Gasteiger partial charge in [0, 0.05) is 56.8 Å². The topological polar surface area (TPSA) is 50.8 Å². The average Bonchev–Trinajstić information content (AvgIpc) is 3.38. The first kappa shape index (κ1) is 14.9. The maximum absolute atomic E-state index is 12.6. The lowest BCUT2D eigenvalue weighted by molar-refractivity contribution is -0.144. The summed E-state index contributed by atoms with van der Waals surface area (Å²) in [6.45, 7) is 4.66. The van der Waals surface area contributed by atoms with Gasteiger partial charge in [-0.05, 0) is 38.5 Å². The van der Waals surface area contributed by atoms with Gasteiger partial charge in [0.05, 0.1) is 6.10 Å². The van der Waals surface area contributed by atoms with E-state index in [4.69, 9.17) is 9.47 Å². The first-order chi connectivity index (χ1) is 10.8. The number of ether oxygens (including phenoxy) is 2. The van der Waals surface area contributed by atoms with Crippen molar-refractivity contribution in [2.24, 2.45) is 11.8 Å². The Hall–Kier alpha value is -0.650. The Morgan fingerprint density at radius 1 is 1.00 bits per heavy atom. The minimum atomic E-state index is 0.155. The van der Waals surface area contributed by atoms with E-state index in [-0.39, 0.29) is 11.8 Å². The van der Waals surface area contributed by atoms with Crippen molar-refractivity contribution in [2.75, 3.05) is 32.9 Å². The largest absolute Gasteiger partial charge is 0.381 e. The van der Waals surface area contributed by atoms with Crippen molar-refractivity contribution in [1.29, 1.82) is 0 Å². The number of hydrogen-bond acceptors (Lipinski definition) is 4. The molecule has 0 aromatic heterocycles. The third kappa shape index (κ3) is 3.17. The monoisotopic (exact) mass is 308 g/mol. The summed E-state index contributed by atoms with van der Waals surface area (Å²) in [7, 11) is 0. The van der Waals surface area contributed by atoms with E-state index < -0.39 is 0 Å². The molecule has 3 atom stereocenters. The molecule has 0 spiro atoms. The normalized spacial score (nSPS) is 37.5. The Labute approximate surface area is 132 Å². The van der Waals surface area contributed by atoms with Crippen LogP contribution in [0.1, 0.15) is 38.5 Å². The summed E-state index contributed by atoms with van der Waals surface area (Å²) in [4.78, 5) is 15.2. The summed E-state index contributed by atoms with van der Waals surface area (Å²) >= 11 is 0. The van der Waals surface area contributed by atoms with E-state index in [9.17, 15) is 4.79 Å². The summed E-state index contributed by atoms with van der Waals surface area (Å²) in [6.07, 6.45) is 6.86. The number of rotatable bonds is 3. The number of nitrogens with zero attached hydrogens (tertiary/aromatic N) is 1. The zero-order chi connectivity index (χ0) is 14.9. The molecule has 4 rings (SSSR count). The molecule has 3 aliphatic heterocycles. The zero-order valence-corrected chi connectivity index (χ0v) is 13.3. The van der Waals surface area contributed by atoms with Gasteiger partial charge in [0.2, 0.25) is 5.91 Å². The molecule has 1 aliphatic carbocycles. The number of hydrogen-bond donors (Lipinski definition) is 1. The van der Waals surface area contributed by atoms with E-state index >= 15 is 0 Å². The van der Waals surface area contributed by atoms with Crippen molar-refractivity contribution in [3.05, 3.63) is 0 Å². The van der Waals surface area contributed by atoms with Crippen LogP contribution < -0.4 is 5.32 Å². The standard InChI is InChI=1S/C17H28N2O3/c20-17(18-12-1-2-12)14-6-10-22-16-3-7-19(11-15(14)16)13-4-8-21-9-5-13/h12-16H,1-11H2,(H,18,20)/t14-,15-,16-/m1/s1. The number of nitrogens with one attached hydrogen (secondary N) is 1. The molecule has 1 saturated carbocycles. The molecule has 3 saturated heterocycles. The van der Waals surface area contributed by atoms with Crippen LogP contribution >= 0.6 is 0 Å². The molecule has 0 aromatic rings. The van der Waals surface area contributed by atoms with Gasteiger partial charge in [-0.1, -0.05) is 0 Å². The molecule has 1 N–H and O–H groups in total. The van der Waals surface area contributed by atoms with Gasteiger partial charge in [0.15, 0.2) is 0 Å². The predicted octanol–water partition coefficient (Wildman–Crippen LogP) is 1.17. The van der Waals surface area contributed by atoms with E-state index in [1.54, 1.807) is 0 Å². The summed E-state index contributed by atoms with van der Waals surface area (Å²) in [5.41, 5.74) is 0. The van der Waals surface area contributed by atoms with Gasteiger partial charge in [-0.15, -0.1) is 0 Å². The quantitative estimate of drug-likeness (QED) is 0.850. The van der Waals surface area contributed by atoms with Crippen molar-refractivity contribution < 1.29 is 14.3 Å². The van der Waals surface area contributed by atoms with Gasteiger partial charge in [0.1, 0.15) is 0 Å². The predicted molar refractivity (Wildman–Crippen MR) is 82.5 cm³/mol. The second-order valence-electron chi connectivity index (χ2n) is 7.38. The molecule has 4 aliphatic rings. The lowest BCUT2D eigenvalue weighted by Crippen LogP contribution is -2.56. The summed E-state index contributed by atoms with van der Waals surface area (Å²) < 4.78 is 11.5. The fraction of sp³-hybridized carbons (Fsp3) is 0.941. The van der Waals surface area contributed by atoms with Crippen LogP contribution in [0.25, 0.3) is 0 Å². The lowest BCUT2D eigenvalue weighted by atomic mass is 9.78. The zero-order valence-electron chi connectivity index (χ0n) is 13.3. The second kappa shape index (κ2) is 6.46. The molecule has 1 amide bonds. The van der Waals surface area contributed by atoms with Crippen molar-refractivity contribution in [2.45, 2.75) is 56.7 Å². The summed E-state index contributed by atoms with van der Waals surface area (Å²) in [5, 5.41) is 3.22. The second-order valence-corrected chi connectivity index (χ2v) is 7.38. The smallest absolute Gasteiger partial charge is 0.223 e. The molecule has 0 aromatic carbocycles. The SMILES string of the molecule is O=C(NC1CC1)[C@@H]1CCO[C@@H]2CCN(C3CCOCC3)C[C@@H]21. The first-order valence-corrected chi connectivity index (χ1v) is 9.05. The van der Waals surface area contributed by atoms with Gasteiger partial charge in [-0.3, -0.25) is 9.69 Å². The third-order valence-corrected chi connectivity index (χ3v) is 5.87. The Kier molecular flexibility index (Phi) is 4.38. The van der Waals surface area contributed by atoms with E-state index in [0.29, 0.717) is 24.1 Å². The van der Waals surface area contributed by atoms with Crippen molar-refractivity contribution in [3.8, 4) is 0 Å². The molecular formula is C17H28N2O3. The first-order valence-electron chi connectivity index (χ1n) is 9.05. The van der Waals surface area contributed by atoms with Crippen LogP contribution in [-0.2, 0) is 14.3 Å². The summed E-state index contributed by atoms with van der Waals surface area (Å²) in [6, 6.07) is 1.10. The van der Waals surface area contributed by atoms with Crippen LogP contribution in [0.4, 0.5) is 0 Å². The van der Waals surface area contributed by atoms with Gasteiger partial charge in [-0.25, -0.2) is 0 Å².